The molecule has 10 heteroatoms. The summed E-state index contributed by atoms with van der Waals surface area (Å²) >= 11 is 0. The summed E-state index contributed by atoms with van der Waals surface area (Å²) in [5.41, 5.74) is -5.74. The molecule has 6 atom stereocenters. The van der Waals surface area contributed by atoms with Gasteiger partial charge in [-0.05, 0) is 29.3 Å². The number of benzene rings is 3. The number of anilines is 1. The minimum absolute atomic E-state index is 0.0880. The SMILES string of the molecule is CC1C(=O)C(O)C2c3ccccc3C3Nc4c(cc(O)c5c4C(=O)c4c(O)ccc(O)c4C5=O)C2(O)C13O. The first-order valence-corrected chi connectivity index (χ1v) is 12.0. The Morgan fingerprint density at radius 1 is 0.789 bits per heavy atom. The molecule has 1 heterocycles. The predicted molar refractivity (Wildman–Crippen MR) is 129 cm³/mol. The zero-order valence-corrected chi connectivity index (χ0v) is 19.8. The van der Waals surface area contributed by atoms with Crippen LogP contribution in [0.5, 0.6) is 17.2 Å². The van der Waals surface area contributed by atoms with E-state index in [1.165, 1.54) is 6.92 Å². The van der Waals surface area contributed by atoms with Gasteiger partial charge in [0.2, 0.25) is 11.6 Å². The van der Waals surface area contributed by atoms with Gasteiger partial charge in [-0.25, -0.2) is 0 Å². The second-order valence-corrected chi connectivity index (χ2v) is 10.4. The molecule has 7 rings (SSSR count). The van der Waals surface area contributed by atoms with E-state index >= 15 is 0 Å². The molecule has 38 heavy (non-hydrogen) atoms. The fraction of sp³-hybridized carbons (Fsp3) is 0.250. The Bertz CT molecular complexity index is 1680. The molecule has 1 fully saturated rings. The number of aliphatic hydroxyl groups excluding tert-OH is 1. The number of carbonyl (C=O) groups excluding carboxylic acids is 3. The van der Waals surface area contributed by atoms with Gasteiger partial charge in [-0.3, -0.25) is 14.4 Å². The Hall–Kier alpha value is -4.25. The van der Waals surface area contributed by atoms with Crippen molar-refractivity contribution in [3.8, 4) is 17.2 Å². The Morgan fingerprint density at radius 3 is 1.97 bits per heavy atom. The molecule has 0 saturated heterocycles. The van der Waals surface area contributed by atoms with Crippen LogP contribution < -0.4 is 5.32 Å². The van der Waals surface area contributed by atoms with Gasteiger partial charge in [0.1, 0.15) is 34.6 Å². The number of hydrogen-bond acceptors (Lipinski definition) is 10. The summed E-state index contributed by atoms with van der Waals surface area (Å²) in [4.78, 5) is 40.4. The van der Waals surface area contributed by atoms with E-state index in [-0.39, 0.29) is 16.8 Å². The summed E-state index contributed by atoms with van der Waals surface area (Å²) in [6.07, 6.45) is -1.72. The quantitative estimate of drug-likeness (QED) is 0.169. The van der Waals surface area contributed by atoms with E-state index in [9.17, 15) is 45.0 Å². The van der Waals surface area contributed by atoms with Crippen molar-refractivity contribution in [2.24, 2.45) is 5.92 Å². The van der Waals surface area contributed by atoms with E-state index in [1.807, 2.05) is 0 Å². The van der Waals surface area contributed by atoms with Crippen molar-refractivity contribution in [3.05, 3.63) is 81.4 Å². The highest BCUT2D eigenvalue weighted by Gasteiger charge is 2.74. The van der Waals surface area contributed by atoms with Crippen LogP contribution in [-0.4, -0.2) is 59.7 Å². The molecule has 4 bridgehead atoms. The zero-order chi connectivity index (χ0) is 27.0. The summed E-state index contributed by atoms with van der Waals surface area (Å²) in [5.74, 6) is -6.96. The minimum Gasteiger partial charge on any atom is -0.507 e. The van der Waals surface area contributed by atoms with E-state index in [2.05, 4.69) is 5.32 Å². The second-order valence-electron chi connectivity index (χ2n) is 10.4. The van der Waals surface area contributed by atoms with Crippen LogP contribution in [0.1, 0.15) is 67.4 Å². The van der Waals surface area contributed by atoms with Crippen LogP contribution >= 0.6 is 0 Å². The molecule has 3 aromatic rings. The lowest BCUT2D eigenvalue weighted by molar-refractivity contribution is -0.246. The monoisotopic (exact) mass is 515 g/mol. The minimum atomic E-state index is -2.38. The van der Waals surface area contributed by atoms with Gasteiger partial charge in [0.25, 0.3) is 0 Å². The van der Waals surface area contributed by atoms with Gasteiger partial charge in [-0.15, -0.1) is 0 Å². The maximum atomic E-state index is 13.8. The Labute approximate surface area is 214 Å². The Balaban J connectivity index is 1.60. The number of fused-ring (bicyclic) bond motifs is 7. The molecule has 0 radical (unpaired) electrons. The molecule has 192 valence electrons. The van der Waals surface area contributed by atoms with Crippen molar-refractivity contribution >= 4 is 23.0 Å². The lowest BCUT2D eigenvalue weighted by atomic mass is 9.47. The van der Waals surface area contributed by atoms with Crippen molar-refractivity contribution in [1.82, 2.24) is 0 Å². The van der Waals surface area contributed by atoms with Crippen LogP contribution in [0.2, 0.25) is 0 Å². The van der Waals surface area contributed by atoms with Crippen LogP contribution in [0.15, 0.2) is 42.5 Å². The topological polar surface area (TPSA) is 185 Å². The molecule has 3 aromatic carbocycles. The number of phenols is 3. The van der Waals surface area contributed by atoms with Crippen molar-refractivity contribution in [1.29, 1.82) is 0 Å². The van der Waals surface area contributed by atoms with Gasteiger partial charge in [0.05, 0.1) is 45.8 Å². The number of ketones is 3. The van der Waals surface area contributed by atoms with Crippen LogP contribution in [0.4, 0.5) is 5.69 Å². The molecule has 1 saturated carbocycles. The van der Waals surface area contributed by atoms with Crippen LogP contribution in [0.3, 0.4) is 0 Å². The summed E-state index contributed by atoms with van der Waals surface area (Å²) in [6, 6.07) is 8.64. The van der Waals surface area contributed by atoms with E-state index < -0.39 is 86.5 Å². The number of phenolic OH excluding ortho intramolecular Hbond substituents is 3. The molecule has 10 nitrogen and oxygen atoms in total. The van der Waals surface area contributed by atoms with Gasteiger partial charge < -0.3 is 36.0 Å². The molecular formula is C28H21NO9. The number of Topliss-reactive ketones (excluding diaryl/α,β-unsaturated/α-hetero) is 1. The molecular weight excluding hydrogens is 494 g/mol. The molecule has 0 aromatic heterocycles. The lowest BCUT2D eigenvalue weighted by Gasteiger charge is -2.64. The third kappa shape index (κ3) is 2.20. The fourth-order valence-corrected chi connectivity index (χ4v) is 7.19. The molecule has 0 amide bonds. The number of aliphatic hydroxyl groups is 3. The average Bonchev–Trinajstić information content (AvgIpc) is 2.88. The van der Waals surface area contributed by atoms with Crippen molar-refractivity contribution in [2.75, 3.05) is 5.32 Å². The van der Waals surface area contributed by atoms with Crippen LogP contribution in [-0.2, 0) is 10.4 Å². The normalized spacial score (nSPS) is 32.1. The second kappa shape index (κ2) is 6.79. The largest absolute Gasteiger partial charge is 0.507 e. The lowest BCUT2D eigenvalue weighted by Crippen LogP contribution is -2.75. The van der Waals surface area contributed by atoms with E-state index in [1.54, 1.807) is 24.3 Å². The van der Waals surface area contributed by atoms with Gasteiger partial charge in [-0.2, -0.15) is 0 Å². The molecule has 1 aliphatic heterocycles. The van der Waals surface area contributed by atoms with E-state index in [4.69, 9.17) is 0 Å². The molecule has 0 spiro atoms. The van der Waals surface area contributed by atoms with Gasteiger partial charge >= 0.3 is 0 Å². The highest BCUT2D eigenvalue weighted by molar-refractivity contribution is 6.33. The Morgan fingerprint density at radius 2 is 1.34 bits per heavy atom. The predicted octanol–water partition coefficient (Wildman–Crippen LogP) is 1.34. The standard InChI is InChI=1S/C28H21NO9/c1-9-22(33)25(36)20-10-4-2-3-5-11(10)26-27(9,37)28(20,38)12-8-15(32)18-19(21(12)29-26)24(35)17-14(31)7-6-13(30)16(17)23(18)34/h2-9,20,25-26,29-32,36-38H,1H3. The van der Waals surface area contributed by atoms with Gasteiger partial charge in [0, 0.05) is 5.56 Å². The summed E-state index contributed by atoms with van der Waals surface area (Å²) in [6.45, 7) is 1.39. The summed E-state index contributed by atoms with van der Waals surface area (Å²) < 4.78 is 0. The van der Waals surface area contributed by atoms with Crippen molar-refractivity contribution in [3.63, 3.8) is 0 Å². The number of hydrogen-bond donors (Lipinski definition) is 7. The molecule has 7 N–H and O–H groups in total. The maximum absolute atomic E-state index is 13.8. The summed E-state index contributed by atoms with van der Waals surface area (Å²) in [7, 11) is 0. The van der Waals surface area contributed by atoms with E-state index in [0.717, 1.165) is 18.2 Å². The van der Waals surface area contributed by atoms with Crippen LogP contribution in [0.25, 0.3) is 0 Å². The van der Waals surface area contributed by atoms with Crippen molar-refractivity contribution < 1.29 is 45.0 Å². The highest BCUT2D eigenvalue weighted by Crippen LogP contribution is 2.67. The summed E-state index contributed by atoms with van der Waals surface area (Å²) in [5, 5.41) is 70.7. The number of aromatic hydroxyl groups is 3. The van der Waals surface area contributed by atoms with Gasteiger partial charge in [-0.1, -0.05) is 31.2 Å². The zero-order valence-electron chi connectivity index (χ0n) is 19.8. The first kappa shape index (κ1) is 22.9. The fourth-order valence-electron chi connectivity index (χ4n) is 7.19. The van der Waals surface area contributed by atoms with Crippen LogP contribution in [0, 0.1) is 5.92 Å². The van der Waals surface area contributed by atoms with Gasteiger partial charge in [0.15, 0.2) is 5.78 Å². The third-order valence-electron chi connectivity index (χ3n) is 8.91. The molecule has 6 unspecified atom stereocenters. The molecule has 3 aliphatic carbocycles. The molecule has 4 aliphatic rings. The Kier molecular flexibility index (Phi) is 4.09. The first-order chi connectivity index (χ1) is 18.0. The third-order valence-corrected chi connectivity index (χ3v) is 8.91. The number of rotatable bonds is 0. The van der Waals surface area contributed by atoms with Crippen molar-refractivity contribution in [2.45, 2.75) is 36.2 Å². The number of nitrogens with one attached hydrogen (secondary N) is 1. The maximum Gasteiger partial charge on any atom is 0.202 e. The smallest absolute Gasteiger partial charge is 0.202 e. The first-order valence-electron chi connectivity index (χ1n) is 12.0. The number of carbonyl (C=O) groups is 3. The average molecular weight is 515 g/mol. The highest BCUT2D eigenvalue weighted by atomic mass is 16.4. The van der Waals surface area contributed by atoms with E-state index in [0.29, 0.717) is 11.1 Å².